The number of carbonyl (C=O) groups is 2. The third-order valence-corrected chi connectivity index (χ3v) is 5.57. The van der Waals surface area contributed by atoms with Gasteiger partial charge < -0.3 is 15.5 Å². The fourth-order valence-corrected chi connectivity index (χ4v) is 4.07. The van der Waals surface area contributed by atoms with Gasteiger partial charge in [0.15, 0.2) is 0 Å². The molecule has 6 heteroatoms. The van der Waals surface area contributed by atoms with Crippen LogP contribution in [-0.4, -0.2) is 73.5 Å². The topological polar surface area (TPSA) is 64.7 Å². The average molecular weight is 334 g/mol. The van der Waals surface area contributed by atoms with E-state index in [1.165, 1.54) is 12.0 Å². The van der Waals surface area contributed by atoms with Crippen molar-refractivity contribution in [2.24, 2.45) is 5.92 Å². The number of nitrogens with one attached hydrogen (secondary N) is 2. The predicted octanol–water partition coefficient (Wildman–Crippen LogP) is 0.355. The Labute approximate surface area is 144 Å². The molecule has 0 aromatic heterocycles. The summed E-state index contributed by atoms with van der Waals surface area (Å²) in [6.07, 6.45) is 5.89. The van der Waals surface area contributed by atoms with Crippen molar-refractivity contribution in [2.75, 3.05) is 45.8 Å². The van der Waals surface area contributed by atoms with E-state index in [1.807, 2.05) is 4.90 Å². The Hall–Kier alpha value is -1.40. The van der Waals surface area contributed by atoms with Gasteiger partial charge in [-0.1, -0.05) is 18.6 Å². The van der Waals surface area contributed by atoms with Gasteiger partial charge in [-0.3, -0.25) is 14.5 Å². The lowest BCUT2D eigenvalue weighted by Gasteiger charge is -2.27. The van der Waals surface area contributed by atoms with Crippen LogP contribution >= 0.6 is 0 Å². The highest BCUT2D eigenvalue weighted by Gasteiger charge is 2.36. The third kappa shape index (κ3) is 4.16. The summed E-state index contributed by atoms with van der Waals surface area (Å²) in [7, 11) is 0. The number of amides is 2. The van der Waals surface area contributed by atoms with Gasteiger partial charge in [0, 0.05) is 38.6 Å². The van der Waals surface area contributed by atoms with Gasteiger partial charge in [-0.05, 0) is 38.9 Å². The molecule has 2 N–H and O–H groups in total. The first-order valence-corrected chi connectivity index (χ1v) is 9.35. The Morgan fingerprint density at radius 2 is 2.33 bits per heavy atom. The van der Waals surface area contributed by atoms with Gasteiger partial charge in [-0.2, -0.15) is 0 Å². The van der Waals surface area contributed by atoms with Crippen LogP contribution < -0.4 is 10.6 Å². The van der Waals surface area contributed by atoms with E-state index in [0.29, 0.717) is 25.6 Å². The first-order chi connectivity index (χ1) is 11.7. The van der Waals surface area contributed by atoms with Crippen molar-refractivity contribution in [1.29, 1.82) is 0 Å². The van der Waals surface area contributed by atoms with Crippen LogP contribution in [-0.2, 0) is 9.59 Å². The van der Waals surface area contributed by atoms with Crippen molar-refractivity contribution >= 4 is 11.8 Å². The molecule has 3 rings (SSSR count). The van der Waals surface area contributed by atoms with Gasteiger partial charge in [0.2, 0.25) is 11.8 Å². The van der Waals surface area contributed by atoms with Crippen LogP contribution in [0.1, 0.15) is 32.6 Å². The van der Waals surface area contributed by atoms with Gasteiger partial charge >= 0.3 is 0 Å². The van der Waals surface area contributed by atoms with E-state index in [4.69, 9.17) is 0 Å². The minimum Gasteiger partial charge on any atom is -0.352 e. The fraction of sp³-hybridized carbons (Fsp3) is 0.778. The summed E-state index contributed by atoms with van der Waals surface area (Å²) < 4.78 is 0. The lowest BCUT2D eigenvalue weighted by atomic mass is 10.1. The van der Waals surface area contributed by atoms with Crippen molar-refractivity contribution < 1.29 is 9.59 Å². The number of hydrogen-bond acceptors (Lipinski definition) is 4. The Kier molecular flexibility index (Phi) is 5.89. The van der Waals surface area contributed by atoms with Crippen molar-refractivity contribution in [3.8, 4) is 0 Å². The molecule has 0 aliphatic carbocycles. The number of hydrogen-bond donors (Lipinski definition) is 2. The zero-order valence-electron chi connectivity index (χ0n) is 14.7. The van der Waals surface area contributed by atoms with Gasteiger partial charge in [0.05, 0.1) is 5.92 Å². The lowest BCUT2D eigenvalue weighted by Crippen LogP contribution is -2.41. The summed E-state index contributed by atoms with van der Waals surface area (Å²) in [6, 6.07) is 0.473. The molecule has 3 heterocycles. The second-order valence-corrected chi connectivity index (χ2v) is 7.16. The summed E-state index contributed by atoms with van der Waals surface area (Å²) >= 11 is 0. The summed E-state index contributed by atoms with van der Waals surface area (Å²) in [4.78, 5) is 29.0. The second-order valence-electron chi connectivity index (χ2n) is 7.16. The first-order valence-electron chi connectivity index (χ1n) is 9.35. The molecule has 0 bridgehead atoms. The second kappa shape index (κ2) is 8.12. The maximum absolute atomic E-state index is 12.4. The van der Waals surface area contributed by atoms with Crippen LogP contribution in [0, 0.1) is 5.92 Å². The SMILES string of the molecule is CCN1CCCC1CN1CC(C(=O)NCC2=CCNCC2)CC1=O. The molecule has 24 heavy (non-hydrogen) atoms. The molecule has 6 nitrogen and oxygen atoms in total. The van der Waals surface area contributed by atoms with E-state index in [9.17, 15) is 9.59 Å². The Morgan fingerprint density at radius 3 is 3.08 bits per heavy atom. The van der Waals surface area contributed by atoms with Gasteiger partial charge in [0.25, 0.3) is 0 Å². The van der Waals surface area contributed by atoms with Gasteiger partial charge in [-0.15, -0.1) is 0 Å². The number of nitrogens with zero attached hydrogens (tertiary/aromatic N) is 2. The monoisotopic (exact) mass is 334 g/mol. The van der Waals surface area contributed by atoms with Crippen molar-refractivity contribution in [3.05, 3.63) is 11.6 Å². The minimum atomic E-state index is -0.184. The molecular weight excluding hydrogens is 304 g/mol. The molecule has 2 atom stereocenters. The highest BCUT2D eigenvalue weighted by Crippen LogP contribution is 2.23. The highest BCUT2D eigenvalue weighted by molar-refractivity contribution is 5.89. The third-order valence-electron chi connectivity index (χ3n) is 5.57. The van der Waals surface area contributed by atoms with E-state index in [1.54, 1.807) is 0 Å². The van der Waals surface area contributed by atoms with E-state index in [-0.39, 0.29) is 17.7 Å². The largest absolute Gasteiger partial charge is 0.352 e. The Morgan fingerprint density at radius 1 is 1.46 bits per heavy atom. The first kappa shape index (κ1) is 17.4. The molecule has 3 aliphatic heterocycles. The molecule has 0 saturated carbocycles. The molecule has 134 valence electrons. The number of carbonyl (C=O) groups excluding carboxylic acids is 2. The van der Waals surface area contributed by atoms with Crippen LogP contribution in [0.15, 0.2) is 11.6 Å². The standard InChI is InChI=1S/C18H30N4O2/c1-2-21-9-3-4-16(21)13-22-12-15(10-17(22)23)18(24)20-11-14-5-7-19-8-6-14/h5,15-16,19H,2-4,6-13H2,1H3,(H,20,24). The summed E-state index contributed by atoms with van der Waals surface area (Å²) in [5.41, 5.74) is 1.29. The molecule has 0 spiro atoms. The van der Waals surface area contributed by atoms with Crippen LogP contribution in [0.2, 0.25) is 0 Å². The van der Waals surface area contributed by atoms with Gasteiger partial charge in [-0.25, -0.2) is 0 Å². The van der Waals surface area contributed by atoms with Crippen LogP contribution in [0.25, 0.3) is 0 Å². The minimum absolute atomic E-state index is 0.0315. The van der Waals surface area contributed by atoms with Crippen molar-refractivity contribution in [1.82, 2.24) is 20.4 Å². The summed E-state index contributed by atoms with van der Waals surface area (Å²) in [6.45, 7) is 8.21. The van der Waals surface area contributed by atoms with Crippen molar-refractivity contribution in [2.45, 2.75) is 38.6 Å². The molecule has 2 fully saturated rings. The number of rotatable bonds is 6. The molecule has 0 radical (unpaired) electrons. The Balaban J connectivity index is 1.46. The molecule has 2 saturated heterocycles. The normalized spacial score (nSPS) is 28.3. The summed E-state index contributed by atoms with van der Waals surface area (Å²) in [5.74, 6) is -0.0143. The molecule has 0 aromatic rings. The van der Waals surface area contributed by atoms with E-state index in [0.717, 1.165) is 45.6 Å². The molecular formula is C18H30N4O2. The maximum atomic E-state index is 12.4. The van der Waals surface area contributed by atoms with Gasteiger partial charge in [0.1, 0.15) is 0 Å². The van der Waals surface area contributed by atoms with Crippen molar-refractivity contribution in [3.63, 3.8) is 0 Å². The van der Waals surface area contributed by atoms with Crippen LogP contribution in [0.5, 0.6) is 0 Å². The molecule has 0 aromatic carbocycles. The maximum Gasteiger partial charge on any atom is 0.225 e. The fourth-order valence-electron chi connectivity index (χ4n) is 4.07. The molecule has 3 aliphatic rings. The Bertz CT molecular complexity index is 505. The van der Waals surface area contributed by atoms with E-state index >= 15 is 0 Å². The number of likely N-dealkylation sites (tertiary alicyclic amines) is 2. The van der Waals surface area contributed by atoms with E-state index in [2.05, 4.69) is 28.5 Å². The smallest absolute Gasteiger partial charge is 0.225 e. The predicted molar refractivity (Wildman–Crippen MR) is 93.5 cm³/mol. The quantitative estimate of drug-likeness (QED) is 0.688. The zero-order valence-corrected chi connectivity index (χ0v) is 14.7. The van der Waals surface area contributed by atoms with Crippen LogP contribution in [0.3, 0.4) is 0 Å². The van der Waals surface area contributed by atoms with E-state index < -0.39 is 0 Å². The average Bonchev–Trinajstić information content (AvgIpc) is 3.20. The molecule has 2 amide bonds. The zero-order chi connectivity index (χ0) is 16.9. The number of likely N-dealkylation sites (N-methyl/N-ethyl adjacent to an activating group) is 1. The van der Waals surface area contributed by atoms with Crippen LogP contribution in [0.4, 0.5) is 0 Å². The molecule has 2 unspecified atom stereocenters. The highest BCUT2D eigenvalue weighted by atomic mass is 16.2. The summed E-state index contributed by atoms with van der Waals surface area (Å²) in [5, 5.41) is 6.29. The lowest BCUT2D eigenvalue weighted by molar-refractivity contribution is -0.129.